The molecule has 0 fully saturated rings. The highest BCUT2D eigenvalue weighted by molar-refractivity contribution is 8.03. The van der Waals surface area contributed by atoms with Crippen LogP contribution in [0.2, 0.25) is 10.0 Å². The molecule has 5 nitrogen and oxygen atoms in total. The van der Waals surface area contributed by atoms with Crippen LogP contribution >= 0.6 is 35.0 Å². The number of benzene rings is 2. The van der Waals surface area contributed by atoms with E-state index < -0.39 is 0 Å². The number of carbonyl (C=O) groups is 2. The highest BCUT2D eigenvalue weighted by Gasteiger charge is 2.29. The van der Waals surface area contributed by atoms with E-state index >= 15 is 0 Å². The van der Waals surface area contributed by atoms with Gasteiger partial charge in [-0.3, -0.25) is 9.59 Å². The van der Waals surface area contributed by atoms with Crippen LogP contribution in [0.1, 0.15) is 23.5 Å². The molecule has 2 N–H and O–H groups in total. The SMILES string of the molecule is Cc1c(Cl)cccc1NC(=O)CSC1=C(C#N)[C@H](c2ccc(Cl)cc2)CC(=O)N1. The van der Waals surface area contributed by atoms with Crippen molar-refractivity contribution < 1.29 is 9.59 Å². The molecule has 0 aromatic heterocycles. The van der Waals surface area contributed by atoms with E-state index in [9.17, 15) is 14.9 Å². The zero-order valence-corrected chi connectivity index (χ0v) is 17.8. The molecule has 29 heavy (non-hydrogen) atoms. The summed E-state index contributed by atoms with van der Waals surface area (Å²) in [5, 5.41) is 16.8. The van der Waals surface area contributed by atoms with Gasteiger partial charge in [0.05, 0.1) is 22.4 Å². The van der Waals surface area contributed by atoms with Crippen LogP contribution in [0, 0.1) is 18.3 Å². The molecule has 0 aliphatic carbocycles. The first-order valence-electron chi connectivity index (χ1n) is 8.76. The van der Waals surface area contributed by atoms with Crippen molar-refractivity contribution in [3.8, 4) is 6.07 Å². The quantitative estimate of drug-likeness (QED) is 0.677. The number of nitriles is 1. The molecule has 3 rings (SSSR count). The Morgan fingerprint density at radius 1 is 1.28 bits per heavy atom. The summed E-state index contributed by atoms with van der Waals surface area (Å²) in [6, 6.07) is 14.5. The summed E-state index contributed by atoms with van der Waals surface area (Å²) in [5.74, 6) is -0.780. The second-order valence-electron chi connectivity index (χ2n) is 6.46. The minimum absolute atomic E-state index is 0.0418. The van der Waals surface area contributed by atoms with Crippen molar-refractivity contribution in [2.24, 2.45) is 0 Å². The number of halogens is 2. The first-order chi connectivity index (χ1) is 13.9. The molecule has 0 unspecified atom stereocenters. The number of thioether (sulfide) groups is 1. The molecule has 0 saturated carbocycles. The van der Waals surface area contributed by atoms with Crippen LogP contribution < -0.4 is 10.6 Å². The number of carbonyl (C=O) groups excluding carboxylic acids is 2. The molecule has 0 radical (unpaired) electrons. The van der Waals surface area contributed by atoms with Gasteiger partial charge in [-0.05, 0) is 42.3 Å². The lowest BCUT2D eigenvalue weighted by molar-refractivity contribution is -0.121. The first kappa shape index (κ1) is 21.3. The average Bonchev–Trinajstić information content (AvgIpc) is 2.70. The highest BCUT2D eigenvalue weighted by atomic mass is 35.5. The molecule has 0 saturated heterocycles. The van der Waals surface area contributed by atoms with Gasteiger partial charge >= 0.3 is 0 Å². The molecule has 0 bridgehead atoms. The molecule has 0 spiro atoms. The van der Waals surface area contributed by atoms with Crippen LogP contribution in [0.5, 0.6) is 0 Å². The van der Waals surface area contributed by atoms with Crippen molar-refractivity contribution in [3.63, 3.8) is 0 Å². The molecule has 148 valence electrons. The van der Waals surface area contributed by atoms with Crippen LogP contribution in [0.25, 0.3) is 0 Å². The summed E-state index contributed by atoms with van der Waals surface area (Å²) in [7, 11) is 0. The lowest BCUT2D eigenvalue weighted by Gasteiger charge is -2.25. The number of anilines is 1. The number of amides is 2. The molecule has 1 atom stereocenters. The Bertz CT molecular complexity index is 1030. The van der Waals surface area contributed by atoms with Gasteiger partial charge in [0, 0.05) is 28.1 Å². The standard InChI is InChI=1S/C21H17Cl2N3O2S/c1-12-17(23)3-2-4-18(12)25-20(28)11-29-21-16(10-24)15(9-19(27)26-21)13-5-7-14(22)8-6-13/h2-8,15H,9,11H2,1H3,(H,25,28)(H,26,27)/t15-/m0/s1. The van der Waals surface area contributed by atoms with Gasteiger partial charge in [-0.2, -0.15) is 5.26 Å². The number of rotatable bonds is 5. The van der Waals surface area contributed by atoms with Crippen LogP contribution in [0.15, 0.2) is 53.1 Å². The lowest BCUT2D eigenvalue weighted by atomic mass is 9.87. The minimum Gasteiger partial charge on any atom is -0.325 e. The van der Waals surface area contributed by atoms with E-state index in [1.807, 2.05) is 6.92 Å². The van der Waals surface area contributed by atoms with E-state index in [0.29, 0.717) is 26.3 Å². The Morgan fingerprint density at radius 2 is 2.00 bits per heavy atom. The Labute approximate surface area is 183 Å². The smallest absolute Gasteiger partial charge is 0.234 e. The van der Waals surface area contributed by atoms with Crippen molar-refractivity contribution in [2.75, 3.05) is 11.1 Å². The number of allylic oxidation sites excluding steroid dienone is 1. The number of nitrogens with zero attached hydrogens (tertiary/aromatic N) is 1. The fraction of sp³-hybridized carbons (Fsp3) is 0.190. The monoisotopic (exact) mass is 445 g/mol. The third kappa shape index (κ3) is 5.13. The number of nitrogens with one attached hydrogen (secondary N) is 2. The van der Waals surface area contributed by atoms with Gasteiger partial charge in [-0.25, -0.2) is 0 Å². The maximum absolute atomic E-state index is 12.4. The second-order valence-corrected chi connectivity index (χ2v) is 8.29. The van der Waals surface area contributed by atoms with Gasteiger partial charge in [0.2, 0.25) is 11.8 Å². The van der Waals surface area contributed by atoms with Gasteiger partial charge in [0.25, 0.3) is 0 Å². The van der Waals surface area contributed by atoms with Crippen molar-refractivity contribution >= 4 is 52.5 Å². The van der Waals surface area contributed by atoms with Crippen molar-refractivity contribution in [2.45, 2.75) is 19.3 Å². The van der Waals surface area contributed by atoms with Crippen molar-refractivity contribution in [1.82, 2.24) is 5.32 Å². The molecule has 2 amide bonds. The topological polar surface area (TPSA) is 82.0 Å². The van der Waals surface area contributed by atoms with Gasteiger partial charge in [-0.15, -0.1) is 0 Å². The van der Waals surface area contributed by atoms with E-state index in [4.69, 9.17) is 23.2 Å². The maximum atomic E-state index is 12.4. The van der Waals surface area contributed by atoms with Crippen molar-refractivity contribution in [1.29, 1.82) is 5.26 Å². The molecular weight excluding hydrogens is 429 g/mol. The lowest BCUT2D eigenvalue weighted by Crippen LogP contribution is -2.31. The zero-order valence-electron chi connectivity index (χ0n) is 15.5. The Morgan fingerprint density at radius 3 is 2.69 bits per heavy atom. The summed E-state index contributed by atoms with van der Waals surface area (Å²) >= 11 is 13.1. The first-order valence-corrected chi connectivity index (χ1v) is 10.5. The summed E-state index contributed by atoms with van der Waals surface area (Å²) < 4.78 is 0. The summed E-state index contributed by atoms with van der Waals surface area (Å²) in [5.41, 5.74) is 2.67. The van der Waals surface area contributed by atoms with E-state index in [-0.39, 0.29) is 29.9 Å². The Kier molecular flexibility index (Phi) is 6.86. The van der Waals surface area contributed by atoms with Crippen LogP contribution in [0.3, 0.4) is 0 Å². The van der Waals surface area contributed by atoms with E-state index in [1.165, 1.54) is 0 Å². The van der Waals surface area contributed by atoms with E-state index in [0.717, 1.165) is 22.9 Å². The third-order valence-corrected chi connectivity index (χ3v) is 6.20. The van der Waals surface area contributed by atoms with E-state index in [1.54, 1.807) is 42.5 Å². The fourth-order valence-corrected chi connectivity index (χ4v) is 4.16. The minimum atomic E-state index is -0.369. The van der Waals surface area contributed by atoms with Gasteiger partial charge < -0.3 is 10.6 Å². The van der Waals surface area contributed by atoms with Gasteiger partial charge in [0.15, 0.2) is 0 Å². The van der Waals surface area contributed by atoms with E-state index in [2.05, 4.69) is 16.7 Å². The molecule has 1 heterocycles. The Balaban J connectivity index is 1.76. The molecule has 1 aliphatic rings. The largest absolute Gasteiger partial charge is 0.325 e. The zero-order chi connectivity index (χ0) is 21.0. The summed E-state index contributed by atoms with van der Waals surface area (Å²) in [6.45, 7) is 1.82. The molecule has 8 heteroatoms. The summed E-state index contributed by atoms with van der Waals surface area (Å²) in [6.07, 6.45) is 0.169. The average molecular weight is 446 g/mol. The second kappa shape index (κ2) is 9.36. The molecule has 2 aromatic carbocycles. The van der Waals surface area contributed by atoms with Crippen LogP contribution in [0.4, 0.5) is 5.69 Å². The van der Waals surface area contributed by atoms with Crippen LogP contribution in [-0.4, -0.2) is 17.6 Å². The van der Waals surface area contributed by atoms with Gasteiger partial charge in [-0.1, -0.05) is 53.2 Å². The number of hydrogen-bond donors (Lipinski definition) is 2. The predicted octanol–water partition coefficient (Wildman–Crippen LogP) is 5.01. The highest BCUT2D eigenvalue weighted by Crippen LogP contribution is 2.36. The predicted molar refractivity (Wildman–Crippen MR) is 117 cm³/mol. The van der Waals surface area contributed by atoms with Crippen molar-refractivity contribution in [3.05, 3.63) is 74.2 Å². The maximum Gasteiger partial charge on any atom is 0.234 e. The van der Waals surface area contributed by atoms with Crippen LogP contribution in [-0.2, 0) is 9.59 Å². The normalized spacial score (nSPS) is 16.2. The number of hydrogen-bond acceptors (Lipinski definition) is 4. The molecular formula is C21H17Cl2N3O2S. The van der Waals surface area contributed by atoms with Gasteiger partial charge in [0.1, 0.15) is 0 Å². The third-order valence-electron chi connectivity index (χ3n) is 4.52. The fourth-order valence-electron chi connectivity index (χ4n) is 2.98. The Hall–Kier alpha value is -2.46. The molecule has 1 aliphatic heterocycles. The molecule has 2 aromatic rings. The summed E-state index contributed by atoms with van der Waals surface area (Å²) in [4.78, 5) is 24.6.